The first-order valence-electron chi connectivity index (χ1n) is 10.8. The number of benzene rings is 4. The normalized spacial score (nSPS) is 14.6. The lowest BCUT2D eigenvalue weighted by Gasteiger charge is -2.31. The second-order valence-corrected chi connectivity index (χ2v) is 10.4. The van der Waals surface area contributed by atoms with Crippen molar-refractivity contribution in [1.29, 1.82) is 0 Å². The maximum absolute atomic E-state index is 14.3. The molecule has 0 saturated heterocycles. The van der Waals surface area contributed by atoms with Gasteiger partial charge in [0.15, 0.2) is 18.4 Å². The van der Waals surface area contributed by atoms with E-state index in [-0.39, 0.29) is 12.9 Å². The van der Waals surface area contributed by atoms with Crippen LogP contribution in [0.3, 0.4) is 0 Å². The quantitative estimate of drug-likeness (QED) is 0.297. The molecule has 1 aliphatic heterocycles. The van der Waals surface area contributed by atoms with Crippen molar-refractivity contribution in [3.05, 3.63) is 120 Å². The predicted molar refractivity (Wildman–Crippen MR) is 129 cm³/mol. The third-order valence-corrected chi connectivity index (χ3v) is 8.02. The van der Waals surface area contributed by atoms with Crippen molar-refractivity contribution in [1.82, 2.24) is 0 Å². The summed E-state index contributed by atoms with van der Waals surface area (Å²) >= 11 is 0. The minimum Gasteiger partial charge on any atom is -0.473 e. The lowest BCUT2D eigenvalue weighted by molar-refractivity contribution is 0.289. The van der Waals surface area contributed by atoms with Gasteiger partial charge in [-0.3, -0.25) is 4.57 Å². The molecule has 34 heavy (non-hydrogen) atoms. The van der Waals surface area contributed by atoms with E-state index in [1.807, 2.05) is 54.6 Å². The maximum atomic E-state index is 14.3. The van der Waals surface area contributed by atoms with Gasteiger partial charge in [0.2, 0.25) is 0 Å². The van der Waals surface area contributed by atoms with E-state index < -0.39 is 19.0 Å². The molecule has 1 unspecified atom stereocenters. The molecule has 1 aliphatic rings. The van der Waals surface area contributed by atoms with Crippen molar-refractivity contribution in [2.75, 3.05) is 11.6 Å². The highest BCUT2D eigenvalue weighted by molar-refractivity contribution is 7.66. The molecule has 4 nitrogen and oxygen atoms in total. The van der Waals surface area contributed by atoms with Gasteiger partial charge in [-0.05, 0) is 48.0 Å². The molecule has 0 aromatic heterocycles. The van der Waals surface area contributed by atoms with Crippen molar-refractivity contribution >= 4 is 18.4 Å². The van der Waals surface area contributed by atoms with Crippen molar-refractivity contribution in [2.24, 2.45) is 0 Å². The summed E-state index contributed by atoms with van der Waals surface area (Å²) in [5.74, 6) is -0.627. The Morgan fingerprint density at radius 3 is 2.32 bits per heavy atom. The smallest absolute Gasteiger partial charge is 0.281 e. The second-order valence-electron chi connectivity index (χ2n) is 8.08. The Hall–Kier alpha value is -3.63. The van der Waals surface area contributed by atoms with Crippen LogP contribution in [0.5, 0.6) is 11.5 Å². The Morgan fingerprint density at radius 2 is 1.59 bits per heavy atom. The lowest BCUT2D eigenvalue weighted by atomic mass is 10.1. The molecule has 0 spiro atoms. The van der Waals surface area contributed by atoms with E-state index in [0.717, 1.165) is 23.3 Å². The van der Waals surface area contributed by atoms with Gasteiger partial charge in [-0.1, -0.05) is 48.5 Å². The molecule has 0 N–H and O–H groups in total. The van der Waals surface area contributed by atoms with Gasteiger partial charge >= 0.3 is 0 Å². The fraction of sp³-hybridized carbons (Fsp3) is 0.111. The molecule has 4 aromatic carbocycles. The largest absolute Gasteiger partial charge is 0.473 e. The summed E-state index contributed by atoms with van der Waals surface area (Å²) in [6, 6.07) is 27.8. The van der Waals surface area contributed by atoms with Crippen LogP contribution in [0.1, 0.15) is 11.1 Å². The summed E-state index contributed by atoms with van der Waals surface area (Å²) in [5, 5.41) is 0.565. The Morgan fingerprint density at radius 1 is 0.853 bits per heavy atom. The average Bonchev–Trinajstić information content (AvgIpc) is 2.86. The van der Waals surface area contributed by atoms with Gasteiger partial charge in [-0.15, -0.1) is 0 Å². The first kappa shape index (κ1) is 22.2. The van der Waals surface area contributed by atoms with Gasteiger partial charge in [0.05, 0.1) is 6.16 Å². The van der Waals surface area contributed by atoms with Crippen LogP contribution in [0, 0.1) is 11.6 Å². The number of para-hydroxylation sites is 1. The summed E-state index contributed by atoms with van der Waals surface area (Å²) in [6.07, 6.45) is 0.231. The number of anilines is 1. The highest BCUT2D eigenvalue weighted by Crippen LogP contribution is 2.50. The molecule has 4 aromatic rings. The number of nitrogens with zero attached hydrogens (tertiary/aromatic N) is 1. The topological polar surface area (TPSA) is 38.8 Å². The lowest BCUT2D eigenvalue weighted by Crippen LogP contribution is -2.32. The van der Waals surface area contributed by atoms with E-state index >= 15 is 0 Å². The van der Waals surface area contributed by atoms with Gasteiger partial charge in [0.1, 0.15) is 11.5 Å². The zero-order chi connectivity index (χ0) is 23.5. The van der Waals surface area contributed by atoms with Crippen molar-refractivity contribution < 1.29 is 22.6 Å². The summed E-state index contributed by atoms with van der Waals surface area (Å²) < 4.78 is 53.4. The second kappa shape index (κ2) is 9.32. The van der Waals surface area contributed by atoms with E-state index in [1.165, 1.54) is 6.07 Å². The number of hydrogen-bond donors (Lipinski definition) is 0. The predicted octanol–water partition coefficient (Wildman–Crippen LogP) is 6.50. The number of fused-ring (bicyclic) bond motifs is 1. The molecule has 0 radical (unpaired) electrons. The van der Waals surface area contributed by atoms with Gasteiger partial charge in [0, 0.05) is 29.2 Å². The van der Waals surface area contributed by atoms with Crippen molar-refractivity contribution in [3.63, 3.8) is 0 Å². The monoisotopic (exact) mass is 477 g/mol. The van der Waals surface area contributed by atoms with Gasteiger partial charge in [0.25, 0.3) is 7.37 Å². The van der Waals surface area contributed by atoms with E-state index in [1.54, 1.807) is 29.2 Å². The molecule has 5 rings (SSSR count). The fourth-order valence-electron chi connectivity index (χ4n) is 3.94. The van der Waals surface area contributed by atoms with E-state index in [4.69, 9.17) is 9.26 Å². The number of hydrogen-bond acceptors (Lipinski definition) is 4. The molecule has 0 aliphatic carbocycles. The third kappa shape index (κ3) is 4.68. The Kier molecular flexibility index (Phi) is 6.08. The number of rotatable bonds is 6. The molecular weight excluding hydrogens is 455 g/mol. The summed E-state index contributed by atoms with van der Waals surface area (Å²) in [7, 11) is -3.35. The van der Waals surface area contributed by atoms with E-state index in [2.05, 4.69) is 0 Å². The molecule has 0 fully saturated rings. The summed E-state index contributed by atoms with van der Waals surface area (Å²) in [5.41, 5.74) is 2.19. The van der Waals surface area contributed by atoms with Gasteiger partial charge in [-0.25, -0.2) is 8.78 Å². The highest BCUT2D eigenvalue weighted by atomic mass is 31.2. The molecular formula is C27H22F2NO3P. The number of halogens is 2. The minimum atomic E-state index is -3.35. The number of ether oxygens (including phenoxy) is 1. The first-order chi connectivity index (χ1) is 16.5. The van der Waals surface area contributed by atoms with Gasteiger partial charge in [-0.2, -0.15) is 0 Å². The standard InChI is InChI=1S/C27H22F2NO3P/c28-25-13-11-22(16-26(25)29)30-17-21-15-24(12-14-27(21)32-19-30)34(31,18-20-7-3-1-4-8-20)33-23-9-5-2-6-10-23/h1-16H,17-19H2. The van der Waals surface area contributed by atoms with Gasteiger partial charge < -0.3 is 14.2 Å². The fourth-order valence-corrected chi connectivity index (χ4v) is 6.10. The Balaban J connectivity index is 1.49. The molecule has 0 bridgehead atoms. The third-order valence-electron chi connectivity index (χ3n) is 5.67. The van der Waals surface area contributed by atoms with Crippen LogP contribution >= 0.6 is 7.37 Å². The minimum absolute atomic E-state index is 0.194. The van der Waals surface area contributed by atoms with Crippen molar-refractivity contribution in [3.8, 4) is 11.5 Å². The van der Waals surface area contributed by atoms with Crippen molar-refractivity contribution in [2.45, 2.75) is 12.7 Å². The zero-order valence-corrected chi connectivity index (χ0v) is 19.1. The molecule has 0 saturated carbocycles. The SMILES string of the molecule is O=P(Cc1ccccc1)(Oc1ccccc1)c1ccc2c(c1)CN(c1ccc(F)c(F)c1)CO2. The van der Waals surface area contributed by atoms with Crippen LogP contribution in [0.2, 0.25) is 0 Å². The van der Waals surface area contributed by atoms with Crippen LogP contribution in [0.25, 0.3) is 0 Å². The average molecular weight is 477 g/mol. The molecule has 0 amide bonds. The van der Waals surface area contributed by atoms with Crippen LogP contribution in [-0.2, 0) is 17.3 Å². The molecule has 1 atom stereocenters. The van der Waals surface area contributed by atoms with E-state index in [0.29, 0.717) is 29.0 Å². The van der Waals surface area contributed by atoms with Crippen LogP contribution in [0.15, 0.2) is 97.1 Å². The van der Waals surface area contributed by atoms with Crippen LogP contribution < -0.4 is 19.5 Å². The molecule has 1 heterocycles. The summed E-state index contributed by atoms with van der Waals surface area (Å²) in [4.78, 5) is 1.79. The first-order valence-corrected chi connectivity index (χ1v) is 12.7. The Bertz CT molecular complexity index is 1300. The Labute approximate surface area is 196 Å². The zero-order valence-electron chi connectivity index (χ0n) is 18.2. The van der Waals surface area contributed by atoms with E-state index in [9.17, 15) is 13.3 Å². The molecule has 7 heteroatoms. The molecule has 172 valence electrons. The van der Waals surface area contributed by atoms with Crippen LogP contribution in [0.4, 0.5) is 14.5 Å². The summed E-state index contributed by atoms with van der Waals surface area (Å²) in [6.45, 7) is 0.588. The maximum Gasteiger partial charge on any atom is 0.281 e. The van der Waals surface area contributed by atoms with Crippen LogP contribution in [-0.4, -0.2) is 6.73 Å². The highest BCUT2D eigenvalue weighted by Gasteiger charge is 2.30.